The second-order valence-electron chi connectivity index (χ2n) is 7.80. The molecule has 0 aromatic heterocycles. The maximum Gasteiger partial charge on any atom is 0.267 e. The lowest BCUT2D eigenvalue weighted by molar-refractivity contribution is -0.123. The van der Waals surface area contributed by atoms with Crippen LogP contribution in [0.25, 0.3) is 5.57 Å². The number of anilines is 1. The molecule has 32 heavy (non-hydrogen) atoms. The average molecular weight is 505 g/mol. The van der Waals surface area contributed by atoms with Gasteiger partial charge in [0.15, 0.2) is 9.84 Å². The third kappa shape index (κ3) is 3.57. The molecular formula is C22H17ClN2O4S3. The molecule has 10 heteroatoms. The van der Waals surface area contributed by atoms with Crippen LogP contribution >= 0.6 is 35.6 Å². The smallest absolute Gasteiger partial charge is 0.267 e. The zero-order chi connectivity index (χ0) is 22.6. The van der Waals surface area contributed by atoms with Crippen molar-refractivity contribution >= 4 is 72.8 Å². The Balaban J connectivity index is 1.55. The summed E-state index contributed by atoms with van der Waals surface area (Å²) in [5.74, 6) is -0.773. The lowest BCUT2D eigenvalue weighted by Crippen LogP contribution is -2.39. The first-order valence-corrected chi connectivity index (χ1v) is 13.3. The van der Waals surface area contributed by atoms with E-state index in [9.17, 15) is 18.0 Å². The molecule has 6 nitrogen and oxygen atoms in total. The van der Waals surface area contributed by atoms with Gasteiger partial charge in [-0.1, -0.05) is 72.0 Å². The number of rotatable bonds is 3. The Hall–Kier alpha value is -2.20. The Morgan fingerprint density at radius 3 is 2.50 bits per heavy atom. The number of thioether (sulfide) groups is 1. The number of sulfone groups is 1. The second-order valence-corrected chi connectivity index (χ2v) is 12.1. The van der Waals surface area contributed by atoms with Crippen LogP contribution in [-0.2, 0) is 26.0 Å². The molecule has 0 spiro atoms. The highest BCUT2D eigenvalue weighted by Gasteiger charge is 2.46. The van der Waals surface area contributed by atoms with Crippen LogP contribution in [0.3, 0.4) is 0 Å². The molecule has 0 N–H and O–H groups in total. The summed E-state index contributed by atoms with van der Waals surface area (Å²) in [6, 6.07) is 14.1. The molecule has 2 aromatic rings. The van der Waals surface area contributed by atoms with Crippen molar-refractivity contribution in [1.29, 1.82) is 0 Å². The van der Waals surface area contributed by atoms with Crippen LogP contribution in [0, 0.1) is 0 Å². The number of benzene rings is 2. The summed E-state index contributed by atoms with van der Waals surface area (Å²) in [5.41, 5.74) is 2.45. The van der Waals surface area contributed by atoms with Gasteiger partial charge in [-0.05, 0) is 24.1 Å². The molecule has 2 saturated heterocycles. The molecular weight excluding hydrogens is 488 g/mol. The van der Waals surface area contributed by atoms with E-state index >= 15 is 0 Å². The molecule has 1 unspecified atom stereocenters. The number of carbonyl (C=O) groups excluding carboxylic acids is 2. The van der Waals surface area contributed by atoms with Crippen LogP contribution in [0.5, 0.6) is 0 Å². The topological polar surface area (TPSA) is 74.8 Å². The van der Waals surface area contributed by atoms with Gasteiger partial charge in [-0.3, -0.25) is 14.5 Å². The van der Waals surface area contributed by atoms with Gasteiger partial charge in [-0.25, -0.2) is 8.42 Å². The number of halogens is 1. The van der Waals surface area contributed by atoms with Crippen LogP contribution in [0.2, 0.25) is 5.02 Å². The summed E-state index contributed by atoms with van der Waals surface area (Å²) >= 11 is 12.8. The molecule has 0 aliphatic carbocycles. The first-order chi connectivity index (χ1) is 15.3. The van der Waals surface area contributed by atoms with Gasteiger partial charge in [0.2, 0.25) is 0 Å². The van der Waals surface area contributed by atoms with Gasteiger partial charge in [0.1, 0.15) is 4.32 Å². The number of para-hydroxylation sites is 1. The molecule has 3 aliphatic heterocycles. The van der Waals surface area contributed by atoms with E-state index in [-0.39, 0.29) is 33.2 Å². The van der Waals surface area contributed by atoms with Crippen LogP contribution in [0.4, 0.5) is 5.69 Å². The van der Waals surface area contributed by atoms with Crippen LogP contribution in [0.15, 0.2) is 53.4 Å². The standard InChI is InChI=1S/C22H17ClN2O4S3/c23-16-7-3-1-5-13(16)11-24-17-8-4-2-6-15(17)18(20(24)26)19-21(27)25(22(30)31-19)14-9-10-32(28,29)12-14/h1-8,14H,9-12H2. The monoisotopic (exact) mass is 504 g/mol. The van der Waals surface area contributed by atoms with E-state index in [0.717, 1.165) is 17.3 Å². The second kappa shape index (κ2) is 7.98. The minimum atomic E-state index is -3.19. The number of hydrogen-bond donors (Lipinski definition) is 0. The van der Waals surface area contributed by atoms with Gasteiger partial charge in [0.25, 0.3) is 11.8 Å². The van der Waals surface area contributed by atoms with Crippen LogP contribution in [-0.4, -0.2) is 47.0 Å². The van der Waals surface area contributed by atoms with Crippen molar-refractivity contribution in [3.63, 3.8) is 0 Å². The van der Waals surface area contributed by atoms with Crippen LogP contribution in [0.1, 0.15) is 17.5 Å². The van der Waals surface area contributed by atoms with E-state index in [1.165, 1.54) is 4.90 Å². The number of nitrogens with zero attached hydrogens (tertiary/aromatic N) is 2. The fourth-order valence-corrected chi connectivity index (χ4v) is 7.64. The highest BCUT2D eigenvalue weighted by atomic mass is 35.5. The molecule has 0 radical (unpaired) electrons. The Kier molecular flexibility index (Phi) is 5.40. The van der Waals surface area contributed by atoms with E-state index in [4.69, 9.17) is 23.8 Å². The quantitative estimate of drug-likeness (QED) is 0.469. The van der Waals surface area contributed by atoms with E-state index in [0.29, 0.717) is 28.3 Å². The van der Waals surface area contributed by atoms with Gasteiger partial charge >= 0.3 is 0 Å². The van der Waals surface area contributed by atoms with E-state index in [1.807, 2.05) is 42.5 Å². The highest BCUT2D eigenvalue weighted by molar-refractivity contribution is 8.26. The zero-order valence-electron chi connectivity index (χ0n) is 16.7. The minimum absolute atomic E-state index is 0.0357. The predicted octanol–water partition coefficient (Wildman–Crippen LogP) is 3.65. The molecule has 164 valence electrons. The van der Waals surface area contributed by atoms with Crippen molar-refractivity contribution in [2.75, 3.05) is 16.4 Å². The van der Waals surface area contributed by atoms with E-state index in [2.05, 4.69) is 0 Å². The Morgan fingerprint density at radius 2 is 1.78 bits per heavy atom. The van der Waals surface area contributed by atoms with Crippen molar-refractivity contribution < 1.29 is 18.0 Å². The third-order valence-corrected chi connectivity index (χ3v) is 9.33. The van der Waals surface area contributed by atoms with Gasteiger partial charge in [-0.2, -0.15) is 0 Å². The van der Waals surface area contributed by atoms with Gasteiger partial charge < -0.3 is 4.90 Å². The van der Waals surface area contributed by atoms with Crippen molar-refractivity contribution in [2.24, 2.45) is 0 Å². The fourth-order valence-electron chi connectivity index (χ4n) is 4.28. The molecule has 2 amide bonds. The summed E-state index contributed by atoms with van der Waals surface area (Å²) < 4.78 is 24.2. The summed E-state index contributed by atoms with van der Waals surface area (Å²) in [6.45, 7) is 0.264. The first-order valence-electron chi connectivity index (χ1n) is 9.91. The molecule has 2 fully saturated rings. The molecule has 3 heterocycles. The first kappa shape index (κ1) is 21.6. The third-order valence-electron chi connectivity index (χ3n) is 5.81. The fraction of sp³-hybridized carbons (Fsp3) is 0.227. The van der Waals surface area contributed by atoms with Gasteiger partial charge in [-0.15, -0.1) is 0 Å². The summed E-state index contributed by atoms with van der Waals surface area (Å²) in [6.07, 6.45) is 0.348. The minimum Gasteiger partial charge on any atom is -0.303 e. The Morgan fingerprint density at radius 1 is 1.06 bits per heavy atom. The Labute approximate surface area is 200 Å². The van der Waals surface area contributed by atoms with E-state index < -0.39 is 21.8 Å². The number of thiocarbonyl (C=S) groups is 1. The molecule has 2 aromatic carbocycles. The summed E-state index contributed by atoms with van der Waals surface area (Å²) in [7, 11) is -3.19. The van der Waals surface area contributed by atoms with E-state index in [1.54, 1.807) is 11.0 Å². The van der Waals surface area contributed by atoms with Gasteiger partial charge in [0, 0.05) is 10.6 Å². The van der Waals surface area contributed by atoms with Crippen molar-refractivity contribution in [3.8, 4) is 0 Å². The zero-order valence-corrected chi connectivity index (χ0v) is 19.9. The van der Waals surface area contributed by atoms with Crippen molar-refractivity contribution in [2.45, 2.75) is 19.0 Å². The van der Waals surface area contributed by atoms with Crippen molar-refractivity contribution in [1.82, 2.24) is 4.90 Å². The summed E-state index contributed by atoms with van der Waals surface area (Å²) in [4.78, 5) is 30.1. The molecule has 3 aliphatic rings. The number of amides is 2. The normalized spacial score (nSPS) is 24.5. The number of fused-ring (bicyclic) bond motifs is 1. The largest absolute Gasteiger partial charge is 0.303 e. The maximum atomic E-state index is 13.6. The number of hydrogen-bond acceptors (Lipinski definition) is 6. The van der Waals surface area contributed by atoms with Crippen LogP contribution < -0.4 is 4.90 Å². The molecule has 0 saturated carbocycles. The highest BCUT2D eigenvalue weighted by Crippen LogP contribution is 2.46. The van der Waals surface area contributed by atoms with Gasteiger partial charge in [0.05, 0.1) is 40.3 Å². The lowest BCUT2D eigenvalue weighted by Gasteiger charge is -2.21. The number of carbonyl (C=O) groups is 2. The molecule has 1 atom stereocenters. The molecule has 5 rings (SSSR count). The summed E-state index contributed by atoms with van der Waals surface area (Å²) in [5, 5.41) is 0.556. The Bertz CT molecular complexity index is 1320. The molecule has 0 bridgehead atoms. The lowest BCUT2D eigenvalue weighted by atomic mass is 10.1. The predicted molar refractivity (Wildman–Crippen MR) is 130 cm³/mol. The maximum absolute atomic E-state index is 13.6. The average Bonchev–Trinajstić information content (AvgIpc) is 3.34. The SMILES string of the molecule is O=C1C(=C2SC(=S)N(C3CCS(=O)(=O)C3)C2=O)c2ccccc2N1Cc1ccccc1Cl. The van der Waals surface area contributed by atoms with Crippen molar-refractivity contribution in [3.05, 3.63) is 69.6 Å².